The van der Waals surface area contributed by atoms with Crippen molar-refractivity contribution in [3.05, 3.63) is 59.7 Å². The van der Waals surface area contributed by atoms with Gasteiger partial charge in [-0.15, -0.1) is 0 Å². The fourth-order valence-electron chi connectivity index (χ4n) is 3.05. The standard InChI is InChI=1S/C18H21NO2/c1-19-18-16-9-4-3-6-13(16)10-11-17(18)21-15-8-5-7-14(12-15)20-2/h3-9,12,17-19H,10-11H2,1-2H3. The second-order valence-electron chi connectivity index (χ2n) is 5.34. The van der Waals surface area contributed by atoms with Crippen molar-refractivity contribution in [2.24, 2.45) is 0 Å². The van der Waals surface area contributed by atoms with Gasteiger partial charge in [0, 0.05) is 6.07 Å². The van der Waals surface area contributed by atoms with Gasteiger partial charge in [0.2, 0.25) is 0 Å². The molecule has 2 atom stereocenters. The van der Waals surface area contributed by atoms with Crippen molar-refractivity contribution >= 4 is 0 Å². The van der Waals surface area contributed by atoms with Crippen LogP contribution in [0.4, 0.5) is 0 Å². The van der Waals surface area contributed by atoms with E-state index >= 15 is 0 Å². The zero-order valence-electron chi connectivity index (χ0n) is 12.5. The lowest BCUT2D eigenvalue weighted by atomic mass is 9.85. The molecule has 0 amide bonds. The van der Waals surface area contributed by atoms with E-state index in [-0.39, 0.29) is 12.1 Å². The monoisotopic (exact) mass is 283 g/mol. The second-order valence-corrected chi connectivity index (χ2v) is 5.34. The largest absolute Gasteiger partial charge is 0.497 e. The van der Waals surface area contributed by atoms with Gasteiger partial charge in [-0.3, -0.25) is 0 Å². The van der Waals surface area contributed by atoms with Gasteiger partial charge >= 0.3 is 0 Å². The molecule has 0 radical (unpaired) electrons. The first-order valence-electron chi connectivity index (χ1n) is 7.37. The van der Waals surface area contributed by atoms with Crippen LogP contribution < -0.4 is 14.8 Å². The van der Waals surface area contributed by atoms with Gasteiger partial charge in [0.15, 0.2) is 0 Å². The zero-order chi connectivity index (χ0) is 14.7. The minimum absolute atomic E-state index is 0.136. The quantitative estimate of drug-likeness (QED) is 0.933. The number of fused-ring (bicyclic) bond motifs is 1. The molecule has 0 bridgehead atoms. The highest BCUT2D eigenvalue weighted by Crippen LogP contribution is 2.33. The van der Waals surface area contributed by atoms with Gasteiger partial charge in [0.1, 0.15) is 17.6 Å². The van der Waals surface area contributed by atoms with Crippen LogP contribution in [-0.4, -0.2) is 20.3 Å². The maximum Gasteiger partial charge on any atom is 0.123 e. The normalized spacial score (nSPS) is 20.7. The lowest BCUT2D eigenvalue weighted by Crippen LogP contribution is -2.37. The third kappa shape index (κ3) is 2.88. The molecule has 0 saturated carbocycles. The molecule has 0 aromatic heterocycles. The number of hydrogen-bond acceptors (Lipinski definition) is 3. The van der Waals surface area contributed by atoms with Crippen molar-refractivity contribution in [2.45, 2.75) is 25.0 Å². The van der Waals surface area contributed by atoms with Gasteiger partial charge in [0.05, 0.1) is 13.2 Å². The predicted octanol–water partition coefficient (Wildman–Crippen LogP) is 3.35. The topological polar surface area (TPSA) is 30.5 Å². The summed E-state index contributed by atoms with van der Waals surface area (Å²) in [5.41, 5.74) is 2.77. The molecule has 3 rings (SSSR count). The molecule has 0 aliphatic heterocycles. The molecule has 0 heterocycles. The Morgan fingerprint density at radius 3 is 2.67 bits per heavy atom. The third-order valence-electron chi connectivity index (χ3n) is 4.10. The Hall–Kier alpha value is -2.00. The van der Waals surface area contributed by atoms with Gasteiger partial charge in [-0.05, 0) is 43.1 Å². The van der Waals surface area contributed by atoms with Crippen molar-refractivity contribution in [3.8, 4) is 11.5 Å². The Kier molecular flexibility index (Phi) is 4.11. The third-order valence-corrected chi connectivity index (χ3v) is 4.10. The van der Waals surface area contributed by atoms with E-state index in [4.69, 9.17) is 9.47 Å². The van der Waals surface area contributed by atoms with Crippen LogP contribution in [0, 0.1) is 0 Å². The van der Waals surface area contributed by atoms with Crippen LogP contribution in [0.5, 0.6) is 11.5 Å². The Labute approximate surface area is 125 Å². The summed E-state index contributed by atoms with van der Waals surface area (Å²) < 4.78 is 11.5. The molecule has 21 heavy (non-hydrogen) atoms. The zero-order valence-corrected chi connectivity index (χ0v) is 12.5. The second kappa shape index (κ2) is 6.19. The minimum atomic E-state index is 0.136. The van der Waals surface area contributed by atoms with Gasteiger partial charge in [-0.1, -0.05) is 30.3 Å². The molecule has 2 aromatic carbocycles. The maximum atomic E-state index is 6.22. The number of likely N-dealkylation sites (N-methyl/N-ethyl adjacent to an activating group) is 1. The molecule has 2 unspecified atom stereocenters. The van der Waals surface area contributed by atoms with E-state index < -0.39 is 0 Å². The Morgan fingerprint density at radius 2 is 1.86 bits per heavy atom. The highest BCUT2D eigenvalue weighted by molar-refractivity contribution is 5.36. The molecule has 2 aromatic rings. The van der Waals surface area contributed by atoms with E-state index in [0.717, 1.165) is 24.3 Å². The van der Waals surface area contributed by atoms with Crippen LogP contribution in [0.3, 0.4) is 0 Å². The van der Waals surface area contributed by atoms with E-state index in [1.165, 1.54) is 11.1 Å². The van der Waals surface area contributed by atoms with Crippen LogP contribution in [0.25, 0.3) is 0 Å². The maximum absolute atomic E-state index is 6.22. The SMILES string of the molecule is CNC1c2ccccc2CCC1Oc1cccc(OC)c1. The van der Waals surface area contributed by atoms with Crippen LogP contribution in [-0.2, 0) is 6.42 Å². The number of rotatable bonds is 4. The Morgan fingerprint density at radius 1 is 1.05 bits per heavy atom. The molecule has 0 saturated heterocycles. The average Bonchev–Trinajstić information content (AvgIpc) is 2.55. The molecule has 3 heteroatoms. The summed E-state index contributed by atoms with van der Waals surface area (Å²) >= 11 is 0. The first-order chi connectivity index (χ1) is 10.3. The Balaban J connectivity index is 1.82. The van der Waals surface area contributed by atoms with Crippen molar-refractivity contribution in [1.82, 2.24) is 5.32 Å². The van der Waals surface area contributed by atoms with Crippen LogP contribution >= 0.6 is 0 Å². The van der Waals surface area contributed by atoms with E-state index in [1.807, 2.05) is 31.3 Å². The predicted molar refractivity (Wildman–Crippen MR) is 84.0 cm³/mol. The van der Waals surface area contributed by atoms with E-state index in [9.17, 15) is 0 Å². The summed E-state index contributed by atoms with van der Waals surface area (Å²) in [5.74, 6) is 1.68. The molecule has 1 aliphatic carbocycles. The van der Waals surface area contributed by atoms with Crippen LogP contribution in [0.15, 0.2) is 48.5 Å². The Bertz CT molecular complexity index is 612. The molecule has 110 valence electrons. The lowest BCUT2D eigenvalue weighted by Gasteiger charge is -2.33. The van der Waals surface area contributed by atoms with Crippen molar-refractivity contribution < 1.29 is 9.47 Å². The molecule has 1 aliphatic rings. The summed E-state index contributed by atoms with van der Waals surface area (Å²) in [6.07, 6.45) is 2.21. The van der Waals surface area contributed by atoms with Crippen molar-refractivity contribution in [1.29, 1.82) is 0 Å². The fraction of sp³-hybridized carbons (Fsp3) is 0.333. The number of aryl methyl sites for hydroxylation is 1. The summed E-state index contributed by atoms with van der Waals surface area (Å²) in [6, 6.07) is 16.6. The van der Waals surface area contributed by atoms with Gasteiger partial charge in [0.25, 0.3) is 0 Å². The number of nitrogens with one attached hydrogen (secondary N) is 1. The molecule has 3 nitrogen and oxygen atoms in total. The fourth-order valence-corrected chi connectivity index (χ4v) is 3.05. The molecule has 0 fully saturated rings. The number of hydrogen-bond donors (Lipinski definition) is 1. The van der Waals surface area contributed by atoms with E-state index in [2.05, 4.69) is 29.6 Å². The highest BCUT2D eigenvalue weighted by atomic mass is 16.5. The summed E-state index contributed by atoms with van der Waals surface area (Å²) in [6.45, 7) is 0. The van der Waals surface area contributed by atoms with E-state index in [0.29, 0.717) is 0 Å². The van der Waals surface area contributed by atoms with Crippen molar-refractivity contribution in [3.63, 3.8) is 0 Å². The van der Waals surface area contributed by atoms with Crippen LogP contribution in [0.1, 0.15) is 23.6 Å². The summed E-state index contributed by atoms with van der Waals surface area (Å²) in [4.78, 5) is 0. The minimum Gasteiger partial charge on any atom is -0.497 e. The molecule has 1 N–H and O–H groups in total. The summed E-state index contributed by atoms with van der Waals surface area (Å²) in [7, 11) is 3.67. The first-order valence-corrected chi connectivity index (χ1v) is 7.37. The first kappa shape index (κ1) is 14.0. The summed E-state index contributed by atoms with van der Waals surface area (Å²) in [5, 5.41) is 3.40. The number of benzene rings is 2. The molecular formula is C18H21NO2. The lowest BCUT2D eigenvalue weighted by molar-refractivity contribution is 0.139. The van der Waals surface area contributed by atoms with E-state index in [1.54, 1.807) is 7.11 Å². The van der Waals surface area contributed by atoms with Gasteiger partial charge in [-0.2, -0.15) is 0 Å². The van der Waals surface area contributed by atoms with Crippen molar-refractivity contribution in [2.75, 3.05) is 14.2 Å². The van der Waals surface area contributed by atoms with Gasteiger partial charge < -0.3 is 14.8 Å². The number of methoxy groups -OCH3 is 1. The molecule has 0 spiro atoms. The van der Waals surface area contributed by atoms with Gasteiger partial charge in [-0.25, -0.2) is 0 Å². The average molecular weight is 283 g/mol. The number of ether oxygens (including phenoxy) is 2. The van der Waals surface area contributed by atoms with Crippen LogP contribution in [0.2, 0.25) is 0 Å². The molecular weight excluding hydrogens is 262 g/mol. The highest BCUT2D eigenvalue weighted by Gasteiger charge is 2.29. The smallest absolute Gasteiger partial charge is 0.123 e.